The van der Waals surface area contributed by atoms with Crippen LogP contribution in [0.2, 0.25) is 0 Å². The van der Waals surface area contributed by atoms with E-state index in [1.165, 1.54) is 19.8 Å². The number of ether oxygens (including phenoxy) is 1. The Morgan fingerprint density at radius 2 is 1.89 bits per heavy atom. The summed E-state index contributed by atoms with van der Waals surface area (Å²) in [7, 11) is 0. The summed E-state index contributed by atoms with van der Waals surface area (Å²) in [5.74, 6) is -0.190. The first-order valence-electron chi connectivity index (χ1n) is 7.10. The second-order valence-corrected chi connectivity index (χ2v) is 5.01. The summed E-state index contributed by atoms with van der Waals surface area (Å²) < 4.78 is 5.63. The lowest BCUT2D eigenvalue weighted by Crippen LogP contribution is -2.51. The molecule has 112 valence electrons. The maximum absolute atomic E-state index is 11.3. The number of primary amides is 1. The molecule has 0 spiro atoms. The average Bonchev–Trinajstić information content (AvgIpc) is 2.34. The highest BCUT2D eigenvalue weighted by Gasteiger charge is 2.24. The van der Waals surface area contributed by atoms with Gasteiger partial charge in [-0.15, -0.1) is 0 Å². The number of hydrogen-bond donors (Lipinski definition) is 2. The van der Waals surface area contributed by atoms with Crippen molar-refractivity contribution < 1.29 is 14.3 Å². The van der Waals surface area contributed by atoms with Gasteiger partial charge in [0, 0.05) is 13.5 Å². The number of hydrogen-bond acceptors (Lipinski definition) is 3. The molecular weight excluding hydrogens is 244 g/mol. The minimum Gasteiger partial charge on any atom is -0.376 e. The van der Waals surface area contributed by atoms with Gasteiger partial charge in [-0.25, -0.2) is 0 Å². The van der Waals surface area contributed by atoms with Crippen molar-refractivity contribution in [1.82, 2.24) is 5.32 Å². The molecule has 0 bridgehead atoms. The van der Waals surface area contributed by atoms with E-state index in [4.69, 9.17) is 10.5 Å². The van der Waals surface area contributed by atoms with Gasteiger partial charge in [-0.1, -0.05) is 33.1 Å². The molecule has 0 radical (unpaired) electrons. The number of nitrogens with two attached hydrogens (primary N) is 1. The van der Waals surface area contributed by atoms with Crippen LogP contribution in [0.5, 0.6) is 0 Å². The first-order valence-corrected chi connectivity index (χ1v) is 7.10. The van der Waals surface area contributed by atoms with Gasteiger partial charge >= 0.3 is 0 Å². The van der Waals surface area contributed by atoms with Crippen molar-refractivity contribution in [2.24, 2.45) is 11.7 Å². The number of carbonyl (C=O) groups excluding carboxylic acids is 2. The lowest BCUT2D eigenvalue weighted by atomic mass is 9.97. The highest BCUT2D eigenvalue weighted by Crippen LogP contribution is 2.15. The highest BCUT2D eigenvalue weighted by molar-refractivity contribution is 5.86. The fourth-order valence-corrected chi connectivity index (χ4v) is 2.12. The van der Waals surface area contributed by atoms with Gasteiger partial charge in [0.1, 0.15) is 6.04 Å². The molecule has 3 N–H and O–H groups in total. The standard InChI is InChI=1S/C14H28N2O3/c1-5-7-12(6-2)8-9-19-10(3)13(14(15)18)16-11(4)17/h10,12-13H,5-9H2,1-4H3,(H2,15,18)(H,16,17). The molecule has 0 heterocycles. The normalized spacial score (nSPS) is 15.6. The largest absolute Gasteiger partial charge is 0.376 e. The third kappa shape index (κ3) is 7.82. The average molecular weight is 272 g/mol. The van der Waals surface area contributed by atoms with Crippen molar-refractivity contribution in [3.63, 3.8) is 0 Å². The van der Waals surface area contributed by atoms with Gasteiger partial charge in [0.25, 0.3) is 0 Å². The van der Waals surface area contributed by atoms with Crippen molar-refractivity contribution in [2.45, 2.75) is 65.5 Å². The van der Waals surface area contributed by atoms with Crippen LogP contribution in [0.15, 0.2) is 0 Å². The SMILES string of the molecule is CCCC(CC)CCOC(C)C(NC(C)=O)C(N)=O. The minimum absolute atomic E-state index is 0.281. The summed E-state index contributed by atoms with van der Waals surface area (Å²) in [6, 6.07) is -0.760. The first-order chi connectivity index (χ1) is 8.92. The summed E-state index contributed by atoms with van der Waals surface area (Å²) in [6.07, 6.45) is 4.07. The Hall–Kier alpha value is -1.10. The van der Waals surface area contributed by atoms with Gasteiger partial charge in [0.2, 0.25) is 11.8 Å². The van der Waals surface area contributed by atoms with Gasteiger partial charge in [-0.2, -0.15) is 0 Å². The summed E-state index contributed by atoms with van der Waals surface area (Å²) in [5.41, 5.74) is 5.26. The van der Waals surface area contributed by atoms with E-state index in [0.717, 1.165) is 12.8 Å². The van der Waals surface area contributed by atoms with Crippen molar-refractivity contribution in [3.05, 3.63) is 0 Å². The lowest BCUT2D eigenvalue weighted by Gasteiger charge is -2.23. The van der Waals surface area contributed by atoms with Crippen molar-refractivity contribution in [1.29, 1.82) is 0 Å². The van der Waals surface area contributed by atoms with E-state index in [-0.39, 0.29) is 5.91 Å². The zero-order chi connectivity index (χ0) is 14.8. The summed E-state index contributed by atoms with van der Waals surface area (Å²) in [5, 5.41) is 2.52. The second kappa shape index (κ2) is 9.78. The maximum atomic E-state index is 11.3. The van der Waals surface area contributed by atoms with Crippen molar-refractivity contribution in [2.75, 3.05) is 6.61 Å². The Morgan fingerprint density at radius 3 is 2.32 bits per heavy atom. The third-order valence-electron chi connectivity index (χ3n) is 3.32. The van der Waals surface area contributed by atoms with E-state index in [1.54, 1.807) is 6.92 Å². The molecule has 0 aromatic rings. The van der Waals surface area contributed by atoms with Crippen LogP contribution in [0.4, 0.5) is 0 Å². The quantitative estimate of drug-likeness (QED) is 0.633. The van der Waals surface area contributed by atoms with Gasteiger partial charge in [0.15, 0.2) is 0 Å². The molecule has 0 aliphatic rings. The van der Waals surface area contributed by atoms with Gasteiger partial charge in [0.05, 0.1) is 6.10 Å². The van der Waals surface area contributed by atoms with Crippen LogP contribution in [0.1, 0.15) is 53.4 Å². The van der Waals surface area contributed by atoms with Crippen LogP contribution in [0.25, 0.3) is 0 Å². The Bertz CT molecular complexity index is 282. The molecule has 3 unspecified atom stereocenters. The second-order valence-electron chi connectivity index (χ2n) is 5.01. The molecule has 19 heavy (non-hydrogen) atoms. The van der Waals surface area contributed by atoms with E-state index in [9.17, 15) is 9.59 Å². The van der Waals surface area contributed by atoms with E-state index < -0.39 is 18.1 Å². The van der Waals surface area contributed by atoms with Crippen LogP contribution in [-0.2, 0) is 14.3 Å². The Morgan fingerprint density at radius 1 is 1.26 bits per heavy atom. The molecule has 0 saturated heterocycles. The van der Waals surface area contributed by atoms with E-state index >= 15 is 0 Å². The van der Waals surface area contributed by atoms with Gasteiger partial charge in [-0.05, 0) is 19.3 Å². The number of amides is 2. The molecule has 2 amide bonds. The van der Waals surface area contributed by atoms with Gasteiger partial charge in [-0.3, -0.25) is 9.59 Å². The summed E-state index contributed by atoms with van der Waals surface area (Å²) in [6.45, 7) is 8.05. The molecule has 5 heteroatoms. The highest BCUT2D eigenvalue weighted by atomic mass is 16.5. The Balaban J connectivity index is 4.15. The fourth-order valence-electron chi connectivity index (χ4n) is 2.12. The Labute approximate surface area is 116 Å². The fraction of sp³-hybridized carbons (Fsp3) is 0.857. The zero-order valence-electron chi connectivity index (χ0n) is 12.6. The number of carbonyl (C=O) groups is 2. The molecular formula is C14H28N2O3. The third-order valence-corrected chi connectivity index (χ3v) is 3.32. The van der Waals surface area contributed by atoms with E-state index in [1.807, 2.05) is 0 Å². The van der Waals surface area contributed by atoms with Crippen LogP contribution in [0.3, 0.4) is 0 Å². The molecule has 0 aromatic heterocycles. The molecule has 0 aliphatic carbocycles. The van der Waals surface area contributed by atoms with Crippen LogP contribution in [-0.4, -0.2) is 30.6 Å². The minimum atomic E-state index is -0.760. The van der Waals surface area contributed by atoms with Crippen LogP contribution >= 0.6 is 0 Å². The molecule has 0 saturated carbocycles. The van der Waals surface area contributed by atoms with Crippen molar-refractivity contribution in [3.8, 4) is 0 Å². The lowest BCUT2D eigenvalue weighted by molar-refractivity contribution is -0.130. The molecule has 0 aliphatic heterocycles. The monoisotopic (exact) mass is 272 g/mol. The molecule has 3 atom stereocenters. The zero-order valence-corrected chi connectivity index (χ0v) is 12.6. The first kappa shape index (κ1) is 17.9. The maximum Gasteiger partial charge on any atom is 0.242 e. The number of rotatable bonds is 10. The molecule has 0 fully saturated rings. The van der Waals surface area contributed by atoms with Crippen molar-refractivity contribution >= 4 is 11.8 Å². The topological polar surface area (TPSA) is 81.4 Å². The predicted molar refractivity (Wildman–Crippen MR) is 75.5 cm³/mol. The number of nitrogens with one attached hydrogen (secondary N) is 1. The summed E-state index contributed by atoms with van der Waals surface area (Å²) >= 11 is 0. The van der Waals surface area contributed by atoms with Gasteiger partial charge < -0.3 is 15.8 Å². The van der Waals surface area contributed by atoms with E-state index in [0.29, 0.717) is 12.5 Å². The molecule has 5 nitrogen and oxygen atoms in total. The predicted octanol–water partition coefficient (Wildman–Crippen LogP) is 1.60. The van der Waals surface area contributed by atoms with Crippen LogP contribution in [0, 0.1) is 5.92 Å². The van der Waals surface area contributed by atoms with Crippen LogP contribution < -0.4 is 11.1 Å². The van der Waals surface area contributed by atoms with E-state index in [2.05, 4.69) is 19.2 Å². The summed E-state index contributed by atoms with van der Waals surface area (Å²) in [4.78, 5) is 22.3. The smallest absolute Gasteiger partial charge is 0.242 e. The molecule has 0 rings (SSSR count). The Kier molecular flexibility index (Phi) is 9.21. The molecule has 0 aromatic carbocycles.